The summed E-state index contributed by atoms with van der Waals surface area (Å²) in [5.41, 5.74) is 0.912. The highest BCUT2D eigenvalue weighted by molar-refractivity contribution is 7.89. The Hall–Kier alpha value is -2.46. The van der Waals surface area contributed by atoms with E-state index < -0.39 is 35.0 Å². The SMILES string of the molecule is Cc1ccc(S(=O)(=O)NCC(=O)NCC(=O)OCC(=O)N2CCCCCC2)cc1. The molecule has 2 rings (SSSR count). The van der Waals surface area contributed by atoms with Crippen molar-refractivity contribution >= 4 is 27.8 Å². The summed E-state index contributed by atoms with van der Waals surface area (Å²) in [6.07, 6.45) is 4.05. The Morgan fingerprint density at radius 2 is 1.62 bits per heavy atom. The molecule has 1 aromatic rings. The number of nitrogens with one attached hydrogen (secondary N) is 2. The van der Waals surface area contributed by atoms with Crippen molar-refractivity contribution in [3.63, 3.8) is 0 Å². The normalized spacial score (nSPS) is 14.7. The molecule has 0 bridgehead atoms. The minimum absolute atomic E-state index is 0.0438. The maximum absolute atomic E-state index is 12.1. The summed E-state index contributed by atoms with van der Waals surface area (Å²) in [5.74, 6) is -1.70. The van der Waals surface area contributed by atoms with Crippen molar-refractivity contribution in [2.45, 2.75) is 37.5 Å². The van der Waals surface area contributed by atoms with Gasteiger partial charge in [-0.1, -0.05) is 30.5 Å². The highest BCUT2D eigenvalue weighted by Crippen LogP contribution is 2.10. The van der Waals surface area contributed by atoms with E-state index in [9.17, 15) is 22.8 Å². The fraction of sp³-hybridized carbons (Fsp3) is 0.526. The second-order valence-electron chi connectivity index (χ2n) is 6.87. The molecule has 9 nitrogen and oxygen atoms in total. The van der Waals surface area contributed by atoms with Gasteiger partial charge in [0.1, 0.15) is 6.54 Å². The Morgan fingerprint density at radius 1 is 1.00 bits per heavy atom. The van der Waals surface area contributed by atoms with Crippen LogP contribution in [0.1, 0.15) is 31.2 Å². The number of ether oxygens (including phenoxy) is 1. The van der Waals surface area contributed by atoms with Gasteiger partial charge in [0.25, 0.3) is 5.91 Å². The lowest BCUT2D eigenvalue weighted by atomic mass is 10.2. The van der Waals surface area contributed by atoms with Gasteiger partial charge in [-0.2, -0.15) is 0 Å². The maximum Gasteiger partial charge on any atom is 0.325 e. The van der Waals surface area contributed by atoms with Crippen molar-refractivity contribution in [2.24, 2.45) is 0 Å². The number of amides is 2. The molecule has 0 aromatic heterocycles. The second kappa shape index (κ2) is 10.9. The van der Waals surface area contributed by atoms with Crippen LogP contribution in [0.4, 0.5) is 0 Å². The zero-order valence-electron chi connectivity index (χ0n) is 16.5. The Labute approximate surface area is 170 Å². The van der Waals surface area contributed by atoms with Gasteiger partial charge in [-0.25, -0.2) is 13.1 Å². The second-order valence-corrected chi connectivity index (χ2v) is 8.64. The highest BCUT2D eigenvalue weighted by atomic mass is 32.2. The molecule has 1 heterocycles. The molecule has 2 N–H and O–H groups in total. The van der Waals surface area contributed by atoms with Gasteiger partial charge in [0.15, 0.2) is 6.61 Å². The minimum atomic E-state index is -3.82. The molecule has 1 aliphatic heterocycles. The van der Waals surface area contributed by atoms with Crippen LogP contribution < -0.4 is 10.0 Å². The summed E-state index contributed by atoms with van der Waals surface area (Å²) >= 11 is 0. The molecule has 0 unspecified atom stereocenters. The van der Waals surface area contributed by atoms with E-state index in [-0.39, 0.29) is 17.4 Å². The monoisotopic (exact) mass is 425 g/mol. The number of sulfonamides is 1. The van der Waals surface area contributed by atoms with Gasteiger partial charge < -0.3 is 15.0 Å². The van der Waals surface area contributed by atoms with E-state index >= 15 is 0 Å². The number of nitrogens with zero attached hydrogens (tertiary/aromatic N) is 1. The maximum atomic E-state index is 12.1. The summed E-state index contributed by atoms with van der Waals surface area (Å²) in [4.78, 5) is 37.3. The van der Waals surface area contributed by atoms with Crippen LogP contribution in [0.5, 0.6) is 0 Å². The van der Waals surface area contributed by atoms with Crippen LogP contribution in [0.25, 0.3) is 0 Å². The topological polar surface area (TPSA) is 122 Å². The van der Waals surface area contributed by atoms with Gasteiger partial charge in [0, 0.05) is 13.1 Å². The molecule has 160 valence electrons. The third kappa shape index (κ3) is 7.82. The van der Waals surface area contributed by atoms with Gasteiger partial charge in [-0.3, -0.25) is 14.4 Å². The number of likely N-dealkylation sites (tertiary alicyclic amines) is 1. The average Bonchev–Trinajstić information content (AvgIpc) is 2.99. The first-order valence-electron chi connectivity index (χ1n) is 9.54. The summed E-state index contributed by atoms with van der Waals surface area (Å²) in [6, 6.07) is 6.18. The number of aryl methyl sites for hydroxylation is 1. The van der Waals surface area contributed by atoms with Gasteiger partial charge >= 0.3 is 5.97 Å². The van der Waals surface area contributed by atoms with Crippen LogP contribution in [0, 0.1) is 6.92 Å². The number of esters is 1. The van der Waals surface area contributed by atoms with Crippen LogP contribution in [-0.4, -0.2) is 63.9 Å². The van der Waals surface area contributed by atoms with Crippen LogP contribution >= 0.6 is 0 Å². The molecule has 29 heavy (non-hydrogen) atoms. The third-order valence-corrected chi connectivity index (χ3v) is 5.92. The standard InChI is InChI=1S/C19H27N3O6S/c1-15-6-8-16(9-7-15)29(26,27)21-12-17(23)20-13-19(25)28-14-18(24)22-10-4-2-3-5-11-22/h6-9,21H,2-5,10-14H2,1H3,(H,20,23). The molecular weight excluding hydrogens is 398 g/mol. The van der Waals surface area contributed by atoms with Gasteiger partial charge in [-0.15, -0.1) is 0 Å². The molecule has 0 radical (unpaired) electrons. The van der Waals surface area contributed by atoms with Crippen LogP contribution in [0.2, 0.25) is 0 Å². The zero-order valence-corrected chi connectivity index (χ0v) is 17.3. The van der Waals surface area contributed by atoms with E-state index in [1.165, 1.54) is 12.1 Å². The van der Waals surface area contributed by atoms with Crippen molar-refractivity contribution < 1.29 is 27.5 Å². The Morgan fingerprint density at radius 3 is 2.24 bits per heavy atom. The minimum Gasteiger partial charge on any atom is -0.454 e. The zero-order chi connectivity index (χ0) is 21.3. The fourth-order valence-electron chi connectivity index (χ4n) is 2.80. The quantitative estimate of drug-likeness (QED) is 0.579. The molecule has 1 aliphatic rings. The highest BCUT2D eigenvalue weighted by Gasteiger charge is 2.18. The lowest BCUT2D eigenvalue weighted by Crippen LogP contribution is -2.40. The molecule has 0 aliphatic carbocycles. The molecule has 1 fully saturated rings. The summed E-state index contributed by atoms with van der Waals surface area (Å²) < 4.78 is 31.3. The Kier molecular flexibility index (Phi) is 8.59. The van der Waals surface area contributed by atoms with Crippen molar-refractivity contribution in [1.29, 1.82) is 0 Å². The average molecular weight is 426 g/mol. The lowest BCUT2D eigenvalue weighted by molar-refractivity contribution is -0.151. The molecular formula is C19H27N3O6S. The van der Waals surface area contributed by atoms with Crippen LogP contribution in [0.3, 0.4) is 0 Å². The number of hydrogen-bond acceptors (Lipinski definition) is 6. The number of carbonyl (C=O) groups excluding carboxylic acids is 3. The molecule has 10 heteroatoms. The van der Waals surface area contributed by atoms with Crippen molar-refractivity contribution in [3.05, 3.63) is 29.8 Å². The first-order chi connectivity index (χ1) is 13.8. The fourth-order valence-corrected chi connectivity index (χ4v) is 3.78. The number of carbonyl (C=O) groups is 3. The lowest BCUT2D eigenvalue weighted by Gasteiger charge is -2.19. The molecule has 1 aromatic carbocycles. The summed E-state index contributed by atoms with van der Waals surface area (Å²) in [7, 11) is -3.82. The van der Waals surface area contributed by atoms with Gasteiger partial charge in [-0.05, 0) is 31.9 Å². The molecule has 0 spiro atoms. The predicted octanol–water partition coefficient (Wildman–Crippen LogP) is 0.335. The van der Waals surface area contributed by atoms with E-state index in [1.54, 1.807) is 17.0 Å². The first kappa shape index (κ1) is 22.8. The van der Waals surface area contributed by atoms with E-state index in [2.05, 4.69) is 10.0 Å². The summed E-state index contributed by atoms with van der Waals surface area (Å²) in [5, 5.41) is 2.26. The largest absolute Gasteiger partial charge is 0.454 e. The molecule has 0 saturated carbocycles. The molecule has 0 atom stereocenters. The Bertz CT molecular complexity index is 815. The number of benzene rings is 1. The first-order valence-corrected chi connectivity index (χ1v) is 11.0. The van der Waals surface area contributed by atoms with E-state index in [1.807, 2.05) is 6.92 Å². The molecule has 1 saturated heterocycles. The van der Waals surface area contributed by atoms with Gasteiger partial charge in [0.2, 0.25) is 15.9 Å². The van der Waals surface area contributed by atoms with Crippen molar-refractivity contribution in [3.8, 4) is 0 Å². The predicted molar refractivity (Wildman–Crippen MR) is 105 cm³/mol. The summed E-state index contributed by atoms with van der Waals surface area (Å²) in [6.45, 7) is 1.82. The molecule has 2 amide bonds. The number of rotatable bonds is 8. The van der Waals surface area contributed by atoms with Gasteiger partial charge in [0.05, 0.1) is 11.4 Å². The van der Waals surface area contributed by atoms with Crippen molar-refractivity contribution in [2.75, 3.05) is 32.8 Å². The third-order valence-electron chi connectivity index (χ3n) is 4.50. The smallest absolute Gasteiger partial charge is 0.325 e. The van der Waals surface area contributed by atoms with Crippen molar-refractivity contribution in [1.82, 2.24) is 14.9 Å². The van der Waals surface area contributed by atoms with Crippen LogP contribution in [-0.2, 0) is 29.1 Å². The van der Waals surface area contributed by atoms with E-state index in [0.29, 0.717) is 13.1 Å². The number of hydrogen-bond donors (Lipinski definition) is 2. The van der Waals surface area contributed by atoms with E-state index in [0.717, 1.165) is 31.2 Å². The van der Waals surface area contributed by atoms with Crippen LogP contribution in [0.15, 0.2) is 29.2 Å². The van der Waals surface area contributed by atoms with E-state index in [4.69, 9.17) is 4.74 Å². The Balaban J connectivity index is 1.68.